The molecule has 0 radical (unpaired) electrons. The van der Waals surface area contributed by atoms with Crippen molar-refractivity contribution in [1.29, 1.82) is 0 Å². The Labute approximate surface area is 138 Å². The van der Waals surface area contributed by atoms with Crippen molar-refractivity contribution in [2.24, 2.45) is 7.05 Å². The van der Waals surface area contributed by atoms with Crippen molar-refractivity contribution in [1.82, 2.24) is 30.0 Å². The maximum Gasteiger partial charge on any atom is 0.272 e. The van der Waals surface area contributed by atoms with E-state index in [1.807, 2.05) is 41.8 Å². The lowest BCUT2D eigenvalue weighted by Gasteiger charge is -2.22. The zero-order chi connectivity index (χ0) is 16.7. The number of hydrogen-bond acceptors (Lipinski definition) is 5. The Kier molecular flexibility index (Phi) is 3.44. The largest absolute Gasteiger partial charge is 0.349 e. The number of hydrogen-bond donors (Lipinski definition) is 1. The van der Waals surface area contributed by atoms with E-state index in [9.17, 15) is 4.79 Å². The smallest absolute Gasteiger partial charge is 0.272 e. The van der Waals surface area contributed by atoms with Gasteiger partial charge in [0.05, 0.1) is 11.7 Å². The SMILES string of the molecule is Cc1nonc1[C@@H]1CCCN1C(=O)c1cc(-c2cccn2C)n[nH]1. The fourth-order valence-corrected chi connectivity index (χ4v) is 3.28. The molecule has 3 aromatic heterocycles. The average molecular weight is 326 g/mol. The minimum atomic E-state index is -0.0921. The Hall–Kier alpha value is -2.90. The number of carbonyl (C=O) groups excluding carboxylic acids is 1. The number of nitrogens with zero attached hydrogens (tertiary/aromatic N) is 5. The number of rotatable bonds is 3. The van der Waals surface area contributed by atoms with Crippen LogP contribution in [0.4, 0.5) is 0 Å². The van der Waals surface area contributed by atoms with Gasteiger partial charge in [-0.2, -0.15) is 5.10 Å². The van der Waals surface area contributed by atoms with Crippen LogP contribution in [0.3, 0.4) is 0 Å². The molecule has 8 heteroatoms. The summed E-state index contributed by atoms with van der Waals surface area (Å²) in [5.41, 5.74) is 3.66. The zero-order valence-electron chi connectivity index (χ0n) is 13.6. The second kappa shape index (κ2) is 5.63. The van der Waals surface area contributed by atoms with Gasteiger partial charge in [0.1, 0.15) is 22.8 Å². The lowest BCUT2D eigenvalue weighted by Crippen LogP contribution is -2.31. The number of aromatic amines is 1. The summed E-state index contributed by atoms with van der Waals surface area (Å²) in [6.07, 6.45) is 3.74. The van der Waals surface area contributed by atoms with Gasteiger partial charge in [0, 0.05) is 19.8 Å². The highest BCUT2D eigenvalue weighted by Crippen LogP contribution is 2.33. The van der Waals surface area contributed by atoms with Crippen LogP contribution >= 0.6 is 0 Å². The van der Waals surface area contributed by atoms with Crippen LogP contribution in [-0.2, 0) is 7.05 Å². The summed E-state index contributed by atoms with van der Waals surface area (Å²) in [5, 5.41) is 14.9. The third-order valence-corrected chi connectivity index (χ3v) is 4.53. The van der Waals surface area contributed by atoms with Gasteiger partial charge in [-0.25, -0.2) is 4.63 Å². The summed E-state index contributed by atoms with van der Waals surface area (Å²) in [4.78, 5) is 14.7. The van der Waals surface area contributed by atoms with Crippen LogP contribution < -0.4 is 0 Å². The number of likely N-dealkylation sites (tertiary alicyclic amines) is 1. The molecular formula is C16H18N6O2. The molecule has 0 bridgehead atoms. The molecular weight excluding hydrogens is 308 g/mol. The van der Waals surface area contributed by atoms with Crippen LogP contribution in [0, 0.1) is 6.92 Å². The number of carbonyl (C=O) groups is 1. The highest BCUT2D eigenvalue weighted by molar-refractivity contribution is 5.93. The van der Waals surface area contributed by atoms with E-state index in [0.717, 1.165) is 35.6 Å². The molecule has 4 heterocycles. The first-order valence-electron chi connectivity index (χ1n) is 7.92. The number of aryl methyl sites for hydroxylation is 2. The molecule has 0 spiro atoms. The van der Waals surface area contributed by atoms with E-state index in [-0.39, 0.29) is 11.9 Å². The number of nitrogens with one attached hydrogen (secondary N) is 1. The molecule has 4 rings (SSSR count). The highest BCUT2D eigenvalue weighted by atomic mass is 16.6. The Balaban J connectivity index is 1.61. The third-order valence-electron chi connectivity index (χ3n) is 4.53. The minimum Gasteiger partial charge on any atom is -0.349 e. The van der Waals surface area contributed by atoms with Gasteiger partial charge in [-0.1, -0.05) is 10.3 Å². The van der Waals surface area contributed by atoms with Crippen LogP contribution in [0.15, 0.2) is 29.0 Å². The van der Waals surface area contributed by atoms with Crippen LogP contribution in [0.25, 0.3) is 11.4 Å². The van der Waals surface area contributed by atoms with Crippen molar-refractivity contribution >= 4 is 5.91 Å². The minimum absolute atomic E-state index is 0.0761. The van der Waals surface area contributed by atoms with E-state index in [2.05, 4.69) is 20.5 Å². The molecule has 124 valence electrons. The van der Waals surface area contributed by atoms with Crippen LogP contribution in [-0.4, -0.2) is 42.4 Å². The summed E-state index contributed by atoms with van der Waals surface area (Å²) in [6.45, 7) is 2.53. The summed E-state index contributed by atoms with van der Waals surface area (Å²) >= 11 is 0. The summed E-state index contributed by atoms with van der Waals surface area (Å²) in [5.74, 6) is -0.0761. The third kappa shape index (κ3) is 2.31. The van der Waals surface area contributed by atoms with Crippen LogP contribution in [0.2, 0.25) is 0 Å². The van der Waals surface area contributed by atoms with Crippen molar-refractivity contribution in [3.05, 3.63) is 41.5 Å². The van der Waals surface area contributed by atoms with Gasteiger partial charge in [-0.05, 0) is 38.0 Å². The molecule has 1 aliphatic rings. The van der Waals surface area contributed by atoms with Gasteiger partial charge in [-0.3, -0.25) is 9.89 Å². The first-order valence-corrected chi connectivity index (χ1v) is 7.92. The Morgan fingerprint density at radius 3 is 3.00 bits per heavy atom. The second-order valence-corrected chi connectivity index (χ2v) is 6.06. The van der Waals surface area contributed by atoms with Gasteiger partial charge in [0.15, 0.2) is 0 Å². The first-order chi connectivity index (χ1) is 11.6. The molecule has 3 aromatic rings. The van der Waals surface area contributed by atoms with Crippen molar-refractivity contribution < 1.29 is 9.42 Å². The Morgan fingerprint density at radius 1 is 1.42 bits per heavy atom. The molecule has 1 atom stereocenters. The van der Waals surface area contributed by atoms with E-state index in [1.54, 1.807) is 6.07 Å². The van der Waals surface area contributed by atoms with E-state index >= 15 is 0 Å². The maximum atomic E-state index is 12.9. The van der Waals surface area contributed by atoms with Crippen LogP contribution in [0.5, 0.6) is 0 Å². The number of amides is 1. The molecule has 1 aliphatic heterocycles. The van der Waals surface area contributed by atoms with Gasteiger partial charge < -0.3 is 9.47 Å². The highest BCUT2D eigenvalue weighted by Gasteiger charge is 2.34. The first kappa shape index (κ1) is 14.7. The fourth-order valence-electron chi connectivity index (χ4n) is 3.28. The monoisotopic (exact) mass is 326 g/mol. The van der Waals surface area contributed by atoms with Crippen LogP contribution in [0.1, 0.15) is 40.8 Å². The Bertz CT molecular complexity index is 877. The predicted molar refractivity (Wildman–Crippen MR) is 85.0 cm³/mol. The summed E-state index contributed by atoms with van der Waals surface area (Å²) in [6, 6.07) is 5.61. The maximum absolute atomic E-state index is 12.9. The molecule has 1 fully saturated rings. The molecule has 8 nitrogen and oxygen atoms in total. The number of H-pyrrole nitrogens is 1. The lowest BCUT2D eigenvalue weighted by molar-refractivity contribution is 0.0724. The van der Waals surface area contributed by atoms with Gasteiger partial charge in [0.2, 0.25) is 0 Å². The summed E-state index contributed by atoms with van der Waals surface area (Å²) in [7, 11) is 1.95. The topological polar surface area (TPSA) is 92.8 Å². The number of aromatic nitrogens is 5. The molecule has 0 aliphatic carbocycles. The van der Waals surface area contributed by atoms with E-state index in [0.29, 0.717) is 12.2 Å². The molecule has 1 saturated heterocycles. The molecule has 0 unspecified atom stereocenters. The Morgan fingerprint density at radius 2 is 2.29 bits per heavy atom. The zero-order valence-corrected chi connectivity index (χ0v) is 13.6. The standard InChI is InChI=1S/C16H18N6O2/c1-10-15(20-24-19-10)14-6-4-8-22(14)16(23)12-9-11(17-18-12)13-5-3-7-21(13)2/h3,5,7,9,14H,4,6,8H2,1-2H3,(H,17,18)/t14-/m0/s1. The van der Waals surface area contributed by atoms with E-state index < -0.39 is 0 Å². The van der Waals surface area contributed by atoms with Gasteiger partial charge in [0.25, 0.3) is 5.91 Å². The predicted octanol–water partition coefficient (Wildman–Crippen LogP) is 2.08. The van der Waals surface area contributed by atoms with Gasteiger partial charge >= 0.3 is 0 Å². The molecule has 24 heavy (non-hydrogen) atoms. The average Bonchev–Trinajstić information content (AvgIpc) is 3.32. The summed E-state index contributed by atoms with van der Waals surface area (Å²) < 4.78 is 6.76. The van der Waals surface area contributed by atoms with Crippen molar-refractivity contribution in [3.63, 3.8) is 0 Å². The second-order valence-electron chi connectivity index (χ2n) is 6.06. The van der Waals surface area contributed by atoms with Crippen molar-refractivity contribution in [2.75, 3.05) is 6.54 Å². The van der Waals surface area contributed by atoms with E-state index in [4.69, 9.17) is 4.63 Å². The molecule has 1 N–H and O–H groups in total. The molecule has 0 saturated carbocycles. The fraction of sp³-hybridized carbons (Fsp3) is 0.375. The molecule has 0 aromatic carbocycles. The van der Waals surface area contributed by atoms with Crippen molar-refractivity contribution in [3.8, 4) is 11.4 Å². The van der Waals surface area contributed by atoms with Crippen molar-refractivity contribution in [2.45, 2.75) is 25.8 Å². The van der Waals surface area contributed by atoms with E-state index in [1.165, 1.54) is 0 Å². The quantitative estimate of drug-likeness (QED) is 0.795. The van der Waals surface area contributed by atoms with Gasteiger partial charge in [-0.15, -0.1) is 0 Å². The molecule has 1 amide bonds. The lowest BCUT2D eigenvalue weighted by atomic mass is 10.1. The normalized spacial score (nSPS) is 17.6.